The number of hydrogen-bond donors (Lipinski definition) is 3. The maximum absolute atomic E-state index is 12.6. The van der Waals surface area contributed by atoms with Gasteiger partial charge in [-0.25, -0.2) is 8.42 Å². The van der Waals surface area contributed by atoms with Crippen LogP contribution in [-0.2, 0) is 21.2 Å². The lowest BCUT2D eigenvalue weighted by Crippen LogP contribution is -2.35. The van der Waals surface area contributed by atoms with Crippen molar-refractivity contribution < 1.29 is 13.2 Å². The van der Waals surface area contributed by atoms with Gasteiger partial charge in [-0.15, -0.1) is 0 Å². The van der Waals surface area contributed by atoms with Crippen LogP contribution in [0.2, 0.25) is 0 Å². The number of amides is 1. The van der Waals surface area contributed by atoms with E-state index in [1.54, 1.807) is 24.3 Å². The molecule has 31 heavy (non-hydrogen) atoms. The van der Waals surface area contributed by atoms with E-state index >= 15 is 0 Å². The van der Waals surface area contributed by atoms with Gasteiger partial charge in [-0.1, -0.05) is 36.4 Å². The molecule has 1 amide bonds. The Kier molecular flexibility index (Phi) is 7.04. The normalized spacial score (nSPS) is 10.9. The Labute approximate surface area is 187 Å². The van der Waals surface area contributed by atoms with E-state index in [0.29, 0.717) is 11.4 Å². The molecule has 6 nitrogen and oxygen atoms in total. The molecule has 8 heteroatoms. The fourth-order valence-electron chi connectivity index (χ4n) is 2.85. The van der Waals surface area contributed by atoms with Crippen LogP contribution in [-0.4, -0.2) is 19.4 Å². The van der Waals surface area contributed by atoms with E-state index in [2.05, 4.69) is 15.4 Å². The predicted octanol–water partition coefficient (Wildman–Crippen LogP) is 4.16. The van der Waals surface area contributed by atoms with E-state index < -0.39 is 10.0 Å². The first-order valence-electron chi connectivity index (χ1n) is 9.58. The van der Waals surface area contributed by atoms with Crippen LogP contribution in [0.1, 0.15) is 16.7 Å². The van der Waals surface area contributed by atoms with Gasteiger partial charge in [0.15, 0.2) is 5.11 Å². The zero-order valence-corrected chi connectivity index (χ0v) is 18.8. The zero-order valence-electron chi connectivity index (χ0n) is 17.2. The fourth-order valence-corrected chi connectivity index (χ4v) is 4.13. The summed E-state index contributed by atoms with van der Waals surface area (Å²) in [7, 11) is -3.72. The van der Waals surface area contributed by atoms with Gasteiger partial charge in [-0.05, 0) is 79.2 Å². The van der Waals surface area contributed by atoms with Crippen LogP contribution in [0.5, 0.6) is 0 Å². The van der Waals surface area contributed by atoms with E-state index in [9.17, 15) is 13.2 Å². The second kappa shape index (κ2) is 9.72. The first-order chi connectivity index (χ1) is 14.7. The van der Waals surface area contributed by atoms with Gasteiger partial charge in [0.2, 0.25) is 5.91 Å². The summed E-state index contributed by atoms with van der Waals surface area (Å²) < 4.78 is 27.9. The monoisotopic (exact) mass is 453 g/mol. The van der Waals surface area contributed by atoms with Crippen LogP contribution in [0.4, 0.5) is 11.4 Å². The van der Waals surface area contributed by atoms with Crippen LogP contribution >= 0.6 is 12.2 Å². The highest BCUT2D eigenvalue weighted by Gasteiger charge is 2.15. The molecule has 0 atom stereocenters. The van der Waals surface area contributed by atoms with Crippen LogP contribution in [0.3, 0.4) is 0 Å². The topological polar surface area (TPSA) is 87.3 Å². The molecule has 0 aliphatic carbocycles. The Morgan fingerprint density at radius 3 is 2.16 bits per heavy atom. The number of benzene rings is 3. The average molecular weight is 454 g/mol. The number of hydrogen-bond acceptors (Lipinski definition) is 4. The van der Waals surface area contributed by atoms with Crippen molar-refractivity contribution in [3.8, 4) is 0 Å². The van der Waals surface area contributed by atoms with Gasteiger partial charge >= 0.3 is 0 Å². The summed E-state index contributed by atoms with van der Waals surface area (Å²) in [5, 5.41) is 5.64. The molecule has 3 N–H and O–H groups in total. The minimum Gasteiger partial charge on any atom is -0.332 e. The molecule has 0 unspecified atom stereocenters. The number of anilines is 2. The lowest BCUT2D eigenvalue weighted by molar-refractivity contribution is -0.119. The second-order valence-corrected chi connectivity index (χ2v) is 9.18. The third-order valence-electron chi connectivity index (χ3n) is 4.64. The van der Waals surface area contributed by atoms with Gasteiger partial charge in [0, 0.05) is 11.4 Å². The Balaban J connectivity index is 1.59. The maximum atomic E-state index is 12.6. The average Bonchev–Trinajstić information content (AvgIpc) is 2.71. The molecule has 3 aromatic rings. The summed E-state index contributed by atoms with van der Waals surface area (Å²) in [6.07, 6.45) is 0.212. The Morgan fingerprint density at radius 1 is 0.871 bits per heavy atom. The van der Waals surface area contributed by atoms with Crippen LogP contribution in [0.15, 0.2) is 77.7 Å². The van der Waals surface area contributed by atoms with Gasteiger partial charge < -0.3 is 10.6 Å². The minimum atomic E-state index is -3.72. The van der Waals surface area contributed by atoms with E-state index in [0.717, 1.165) is 16.7 Å². The summed E-state index contributed by atoms with van der Waals surface area (Å²) >= 11 is 5.17. The van der Waals surface area contributed by atoms with Crippen molar-refractivity contribution in [1.82, 2.24) is 5.32 Å². The van der Waals surface area contributed by atoms with Crippen LogP contribution in [0.25, 0.3) is 0 Å². The number of nitrogens with one attached hydrogen (secondary N) is 3. The fraction of sp³-hybridized carbons (Fsp3) is 0.130. The largest absolute Gasteiger partial charge is 0.332 e. The molecule has 0 saturated heterocycles. The maximum Gasteiger partial charge on any atom is 0.261 e. The first kappa shape index (κ1) is 22.5. The third-order valence-corrected chi connectivity index (χ3v) is 6.24. The van der Waals surface area contributed by atoms with Crippen LogP contribution < -0.4 is 15.4 Å². The molecular weight excluding hydrogens is 430 g/mol. The van der Waals surface area contributed by atoms with E-state index in [4.69, 9.17) is 12.2 Å². The highest BCUT2D eigenvalue weighted by Crippen LogP contribution is 2.20. The van der Waals surface area contributed by atoms with Crippen molar-refractivity contribution in [1.29, 1.82) is 0 Å². The summed E-state index contributed by atoms with van der Waals surface area (Å²) in [6.45, 7) is 3.89. The van der Waals surface area contributed by atoms with Crippen molar-refractivity contribution in [2.24, 2.45) is 0 Å². The SMILES string of the molecule is Cc1ccc(NS(=O)(=O)c2ccc(NC(=S)NC(=O)Cc3ccccc3)cc2)cc1C. The van der Waals surface area contributed by atoms with Gasteiger partial charge in [0.1, 0.15) is 0 Å². The molecule has 0 aromatic heterocycles. The number of carbonyl (C=O) groups excluding carboxylic acids is 1. The summed E-state index contributed by atoms with van der Waals surface area (Å²) in [5.41, 5.74) is 4.05. The molecule has 0 heterocycles. The zero-order chi connectivity index (χ0) is 22.4. The van der Waals surface area contributed by atoms with Crippen molar-refractivity contribution in [3.05, 3.63) is 89.5 Å². The lowest BCUT2D eigenvalue weighted by Gasteiger charge is -2.12. The van der Waals surface area contributed by atoms with Gasteiger partial charge in [0.25, 0.3) is 10.0 Å². The van der Waals surface area contributed by atoms with Crippen molar-refractivity contribution >= 4 is 44.6 Å². The number of carbonyl (C=O) groups is 1. The van der Waals surface area contributed by atoms with E-state index in [1.807, 2.05) is 50.2 Å². The molecule has 0 radical (unpaired) electrons. The Morgan fingerprint density at radius 2 is 1.52 bits per heavy atom. The molecule has 3 aromatic carbocycles. The summed E-state index contributed by atoms with van der Waals surface area (Å²) in [6, 6.07) is 20.8. The molecule has 0 aliphatic rings. The second-order valence-electron chi connectivity index (χ2n) is 7.09. The summed E-state index contributed by atoms with van der Waals surface area (Å²) in [4.78, 5) is 12.2. The van der Waals surface area contributed by atoms with Gasteiger partial charge in [-0.3, -0.25) is 9.52 Å². The van der Waals surface area contributed by atoms with Gasteiger partial charge in [-0.2, -0.15) is 0 Å². The Hall–Kier alpha value is -3.23. The lowest BCUT2D eigenvalue weighted by atomic mass is 10.1. The highest BCUT2D eigenvalue weighted by atomic mass is 32.2. The Bertz CT molecular complexity index is 1190. The number of sulfonamides is 1. The van der Waals surface area contributed by atoms with Crippen LogP contribution in [0, 0.1) is 13.8 Å². The first-order valence-corrected chi connectivity index (χ1v) is 11.5. The minimum absolute atomic E-state index is 0.121. The number of aryl methyl sites for hydroxylation is 2. The third kappa shape index (κ3) is 6.37. The van der Waals surface area contributed by atoms with Crippen molar-refractivity contribution in [2.45, 2.75) is 25.2 Å². The quantitative estimate of drug-likeness (QED) is 0.488. The number of rotatable bonds is 6. The molecule has 3 rings (SSSR count). The molecule has 0 aliphatic heterocycles. The molecule has 0 spiro atoms. The smallest absolute Gasteiger partial charge is 0.261 e. The van der Waals surface area contributed by atoms with Crippen molar-refractivity contribution in [3.63, 3.8) is 0 Å². The molecule has 0 bridgehead atoms. The van der Waals surface area contributed by atoms with Crippen molar-refractivity contribution in [2.75, 3.05) is 10.0 Å². The number of thiocarbonyl (C=S) groups is 1. The van der Waals surface area contributed by atoms with E-state index in [-0.39, 0.29) is 22.3 Å². The molecule has 0 fully saturated rings. The predicted molar refractivity (Wildman–Crippen MR) is 128 cm³/mol. The summed E-state index contributed by atoms with van der Waals surface area (Å²) in [5.74, 6) is -0.236. The standard InChI is InChI=1S/C23H23N3O3S2/c1-16-8-9-20(14-17(16)2)26-31(28,29)21-12-10-19(11-13-21)24-23(30)25-22(27)15-18-6-4-3-5-7-18/h3-14,26H,15H2,1-2H3,(H2,24,25,27,30). The molecular formula is C23H23N3O3S2. The van der Waals surface area contributed by atoms with E-state index in [1.165, 1.54) is 12.1 Å². The molecule has 0 saturated carbocycles. The molecule has 160 valence electrons. The van der Waals surface area contributed by atoms with Gasteiger partial charge in [0.05, 0.1) is 11.3 Å². The highest BCUT2D eigenvalue weighted by molar-refractivity contribution is 7.92.